The number of hydrogen-bond donors (Lipinski definition) is 1. The highest BCUT2D eigenvalue weighted by molar-refractivity contribution is 5.72. The molecule has 1 aromatic carbocycles. The molecule has 17 heavy (non-hydrogen) atoms. The second-order valence-electron chi connectivity index (χ2n) is 4.04. The summed E-state index contributed by atoms with van der Waals surface area (Å²) in [5.74, 6) is 0.846. The molecule has 2 aromatic rings. The number of ether oxygens (including phenoxy) is 1. The second-order valence-corrected chi connectivity index (χ2v) is 4.04. The molecule has 0 aliphatic rings. The molecule has 0 unspecified atom stereocenters. The van der Waals surface area contributed by atoms with Crippen molar-refractivity contribution in [1.29, 1.82) is 0 Å². The third kappa shape index (κ3) is 2.03. The van der Waals surface area contributed by atoms with E-state index in [1.165, 1.54) is 5.56 Å². The third-order valence-electron chi connectivity index (χ3n) is 2.90. The van der Waals surface area contributed by atoms with Gasteiger partial charge >= 0.3 is 0 Å². The zero-order valence-electron chi connectivity index (χ0n) is 10.4. The van der Waals surface area contributed by atoms with Crippen molar-refractivity contribution in [2.24, 2.45) is 12.8 Å². The summed E-state index contributed by atoms with van der Waals surface area (Å²) in [6, 6.07) is 6.09. The Bertz CT molecular complexity index is 531. The van der Waals surface area contributed by atoms with E-state index in [0.29, 0.717) is 6.54 Å². The zero-order chi connectivity index (χ0) is 12.4. The smallest absolute Gasteiger partial charge is 0.126 e. The van der Waals surface area contributed by atoms with Crippen molar-refractivity contribution < 1.29 is 4.74 Å². The average molecular weight is 231 g/mol. The van der Waals surface area contributed by atoms with Crippen LogP contribution in [-0.2, 0) is 13.6 Å². The summed E-state index contributed by atoms with van der Waals surface area (Å²) >= 11 is 0. The van der Waals surface area contributed by atoms with Gasteiger partial charge < -0.3 is 10.5 Å². The molecule has 0 aliphatic heterocycles. The molecule has 4 heteroatoms. The topological polar surface area (TPSA) is 53.1 Å². The molecule has 0 aliphatic carbocycles. The van der Waals surface area contributed by atoms with Crippen LogP contribution in [0.1, 0.15) is 11.3 Å². The molecule has 0 atom stereocenters. The van der Waals surface area contributed by atoms with Crippen molar-refractivity contribution in [2.75, 3.05) is 7.11 Å². The molecule has 0 saturated carbocycles. The summed E-state index contributed by atoms with van der Waals surface area (Å²) in [4.78, 5) is 0. The molecule has 1 aromatic heterocycles. The monoisotopic (exact) mass is 231 g/mol. The van der Waals surface area contributed by atoms with Gasteiger partial charge in [-0.15, -0.1) is 0 Å². The number of benzene rings is 1. The Labute approximate surface area is 101 Å². The van der Waals surface area contributed by atoms with Crippen LogP contribution >= 0.6 is 0 Å². The van der Waals surface area contributed by atoms with Crippen LogP contribution in [0.25, 0.3) is 11.1 Å². The minimum atomic E-state index is 0.461. The SMILES string of the molecule is COc1ccc(C)cc1-c1cnn(C)c1CN. The summed E-state index contributed by atoms with van der Waals surface area (Å²) in [6.07, 6.45) is 1.83. The van der Waals surface area contributed by atoms with E-state index in [9.17, 15) is 0 Å². The minimum Gasteiger partial charge on any atom is -0.496 e. The molecule has 4 nitrogen and oxygen atoms in total. The van der Waals surface area contributed by atoms with Gasteiger partial charge in [-0.3, -0.25) is 4.68 Å². The molecule has 2 N–H and O–H groups in total. The maximum absolute atomic E-state index is 5.76. The molecule has 0 spiro atoms. The van der Waals surface area contributed by atoms with Crippen LogP contribution in [0.4, 0.5) is 0 Å². The second kappa shape index (κ2) is 4.59. The summed E-state index contributed by atoms with van der Waals surface area (Å²) in [5, 5.41) is 4.25. The van der Waals surface area contributed by atoms with E-state index in [0.717, 1.165) is 22.6 Å². The highest BCUT2D eigenvalue weighted by Crippen LogP contribution is 2.32. The van der Waals surface area contributed by atoms with Crippen LogP contribution in [0, 0.1) is 6.92 Å². The van der Waals surface area contributed by atoms with E-state index in [-0.39, 0.29) is 0 Å². The Hall–Kier alpha value is -1.81. The number of aryl methyl sites for hydroxylation is 2. The fraction of sp³-hybridized carbons (Fsp3) is 0.308. The van der Waals surface area contributed by atoms with Crippen LogP contribution in [0.15, 0.2) is 24.4 Å². The van der Waals surface area contributed by atoms with Crippen LogP contribution < -0.4 is 10.5 Å². The largest absolute Gasteiger partial charge is 0.496 e. The zero-order valence-corrected chi connectivity index (χ0v) is 10.4. The van der Waals surface area contributed by atoms with Crippen molar-refractivity contribution in [3.05, 3.63) is 35.7 Å². The fourth-order valence-electron chi connectivity index (χ4n) is 1.96. The predicted octanol–water partition coefficient (Wildman–Crippen LogP) is 1.86. The molecule has 2 rings (SSSR count). The van der Waals surface area contributed by atoms with Gasteiger partial charge in [-0.1, -0.05) is 11.6 Å². The van der Waals surface area contributed by atoms with Crippen LogP contribution in [0.2, 0.25) is 0 Å². The number of methoxy groups -OCH3 is 1. The van der Waals surface area contributed by atoms with Gasteiger partial charge in [0.2, 0.25) is 0 Å². The summed E-state index contributed by atoms with van der Waals surface area (Å²) in [5.41, 5.74) is 10.0. The first kappa shape index (κ1) is 11.7. The molecule has 90 valence electrons. The maximum atomic E-state index is 5.76. The molecule has 0 bridgehead atoms. The summed E-state index contributed by atoms with van der Waals surface area (Å²) in [6.45, 7) is 2.52. The van der Waals surface area contributed by atoms with Crippen LogP contribution in [-0.4, -0.2) is 16.9 Å². The lowest BCUT2D eigenvalue weighted by Gasteiger charge is -2.10. The molecule has 0 saturated heterocycles. The third-order valence-corrected chi connectivity index (χ3v) is 2.90. The van der Waals surface area contributed by atoms with Gasteiger partial charge in [-0.25, -0.2) is 0 Å². The first-order valence-electron chi connectivity index (χ1n) is 5.53. The molecular weight excluding hydrogens is 214 g/mol. The lowest BCUT2D eigenvalue weighted by atomic mass is 10.0. The van der Waals surface area contributed by atoms with Gasteiger partial charge in [0.15, 0.2) is 0 Å². The Balaban J connectivity index is 2.62. The van der Waals surface area contributed by atoms with Gasteiger partial charge in [-0.05, 0) is 19.1 Å². The quantitative estimate of drug-likeness (QED) is 0.877. The van der Waals surface area contributed by atoms with Gasteiger partial charge in [0.1, 0.15) is 5.75 Å². The van der Waals surface area contributed by atoms with Crippen LogP contribution in [0.3, 0.4) is 0 Å². The highest BCUT2D eigenvalue weighted by atomic mass is 16.5. The standard InChI is InChI=1S/C13H17N3O/c1-9-4-5-13(17-3)10(6-9)11-8-15-16(2)12(11)7-14/h4-6,8H,7,14H2,1-3H3. The lowest BCUT2D eigenvalue weighted by molar-refractivity contribution is 0.416. The fourth-order valence-corrected chi connectivity index (χ4v) is 1.96. The average Bonchev–Trinajstić information content (AvgIpc) is 2.70. The maximum Gasteiger partial charge on any atom is 0.126 e. The number of aromatic nitrogens is 2. The minimum absolute atomic E-state index is 0.461. The van der Waals surface area contributed by atoms with Crippen molar-refractivity contribution in [3.8, 4) is 16.9 Å². The number of rotatable bonds is 3. The van der Waals surface area contributed by atoms with Gasteiger partial charge in [0.05, 0.1) is 19.0 Å². The van der Waals surface area contributed by atoms with Crippen molar-refractivity contribution >= 4 is 0 Å². The first-order chi connectivity index (χ1) is 8.17. The van der Waals surface area contributed by atoms with E-state index in [1.807, 2.05) is 25.4 Å². The van der Waals surface area contributed by atoms with E-state index >= 15 is 0 Å². The predicted molar refractivity (Wildman–Crippen MR) is 67.8 cm³/mol. The van der Waals surface area contributed by atoms with Gasteiger partial charge in [0, 0.05) is 24.7 Å². The van der Waals surface area contributed by atoms with Gasteiger partial charge in [-0.2, -0.15) is 5.10 Å². The van der Waals surface area contributed by atoms with Gasteiger partial charge in [0.25, 0.3) is 0 Å². The molecule has 0 amide bonds. The normalized spacial score (nSPS) is 10.6. The Kier molecular flexibility index (Phi) is 3.15. The first-order valence-corrected chi connectivity index (χ1v) is 5.53. The number of hydrogen-bond acceptors (Lipinski definition) is 3. The lowest BCUT2D eigenvalue weighted by Crippen LogP contribution is -2.05. The number of nitrogens with two attached hydrogens (primary N) is 1. The molecule has 0 radical (unpaired) electrons. The number of nitrogens with zero attached hydrogens (tertiary/aromatic N) is 2. The molecular formula is C13H17N3O. The summed E-state index contributed by atoms with van der Waals surface area (Å²) in [7, 11) is 3.57. The Morgan fingerprint density at radius 2 is 2.12 bits per heavy atom. The van der Waals surface area contributed by atoms with E-state index in [2.05, 4.69) is 18.1 Å². The Morgan fingerprint density at radius 3 is 2.76 bits per heavy atom. The van der Waals surface area contributed by atoms with Crippen molar-refractivity contribution in [2.45, 2.75) is 13.5 Å². The Morgan fingerprint density at radius 1 is 1.35 bits per heavy atom. The van der Waals surface area contributed by atoms with Crippen molar-refractivity contribution in [1.82, 2.24) is 9.78 Å². The van der Waals surface area contributed by atoms with Crippen LogP contribution in [0.5, 0.6) is 5.75 Å². The highest BCUT2D eigenvalue weighted by Gasteiger charge is 2.13. The van der Waals surface area contributed by atoms with E-state index in [4.69, 9.17) is 10.5 Å². The van der Waals surface area contributed by atoms with E-state index in [1.54, 1.807) is 11.8 Å². The van der Waals surface area contributed by atoms with Crippen molar-refractivity contribution in [3.63, 3.8) is 0 Å². The van der Waals surface area contributed by atoms with E-state index < -0.39 is 0 Å². The summed E-state index contributed by atoms with van der Waals surface area (Å²) < 4.78 is 7.19. The molecule has 1 heterocycles. The molecule has 0 fully saturated rings.